The number of carbonyl (C=O) groups excluding carboxylic acids is 1. The number of amidine groups is 1. The van der Waals surface area contributed by atoms with Gasteiger partial charge in [-0.1, -0.05) is 39.8 Å². The van der Waals surface area contributed by atoms with Gasteiger partial charge in [-0.25, -0.2) is 22.6 Å². The first-order valence-electron chi connectivity index (χ1n) is 13.4. The molecule has 4 nitrogen and oxygen atoms in total. The van der Waals surface area contributed by atoms with Gasteiger partial charge in [0.25, 0.3) is 11.8 Å². The molecule has 1 atom stereocenters. The minimum absolute atomic E-state index is 0. The third kappa shape index (κ3) is 7.06. The van der Waals surface area contributed by atoms with Crippen molar-refractivity contribution in [3.05, 3.63) is 65.5 Å². The van der Waals surface area contributed by atoms with Crippen molar-refractivity contribution in [3.63, 3.8) is 0 Å². The van der Waals surface area contributed by atoms with E-state index in [1.165, 1.54) is 26.0 Å². The molecule has 2 aliphatic rings. The number of aliphatic imine (C=N–C) groups is 1. The molecule has 1 heterocycles. The molecule has 0 aliphatic heterocycles. The highest BCUT2D eigenvalue weighted by Gasteiger charge is 2.37. The molecule has 1 radical (unpaired) electrons. The quantitative estimate of drug-likeness (QED) is 0.132. The minimum atomic E-state index is -3.14. The summed E-state index contributed by atoms with van der Waals surface area (Å²) in [4.78, 5) is 21.5. The standard InChI is InChI=1S/C31H36F4N3O.2H2/c1-6-15-30(16-11-9-10-12-17-30)25-19-23(31(34,35)7-2)18-24(37-25)20(4)26(21(5)27(32)33)28(36-8-3)38-29(39)22-13-14-22;;/h8,13-14,18-19,21,27H,3,6-7,11-12,15-17H2,1-2,4-5H3,(H,36,38,39);2*1H/b26-20+;;/t21-;;/m1../s1. The minimum Gasteiger partial charge on any atom is -0.307 e. The molecule has 0 spiro atoms. The number of halogens is 4. The molecule has 0 bridgehead atoms. The van der Waals surface area contributed by atoms with Gasteiger partial charge in [0.05, 0.1) is 5.69 Å². The van der Waals surface area contributed by atoms with E-state index in [-0.39, 0.29) is 31.1 Å². The number of hydrogen-bond donors (Lipinski definition) is 1. The number of carbonyl (C=O) groups is 1. The van der Waals surface area contributed by atoms with Gasteiger partial charge in [-0.05, 0) is 43.9 Å². The van der Waals surface area contributed by atoms with E-state index >= 15 is 8.78 Å². The van der Waals surface area contributed by atoms with Crippen LogP contribution in [0, 0.1) is 24.2 Å². The smallest absolute Gasteiger partial charge is 0.273 e. The Morgan fingerprint density at radius 2 is 1.92 bits per heavy atom. The van der Waals surface area contributed by atoms with Gasteiger partial charge < -0.3 is 5.32 Å². The molecule has 1 amide bonds. The van der Waals surface area contributed by atoms with Gasteiger partial charge in [-0.15, -0.1) is 11.8 Å². The Hall–Kier alpha value is -3.21. The Balaban J connectivity index is 0.00000420. The maximum absolute atomic E-state index is 15.2. The molecule has 2 aliphatic carbocycles. The summed E-state index contributed by atoms with van der Waals surface area (Å²) in [6.45, 7) is 9.88. The molecule has 0 fully saturated rings. The van der Waals surface area contributed by atoms with Crippen LogP contribution in [0.5, 0.6) is 0 Å². The first kappa shape index (κ1) is 30.3. The number of aromatic nitrogens is 1. The van der Waals surface area contributed by atoms with Gasteiger partial charge in [0.1, 0.15) is 5.84 Å². The van der Waals surface area contributed by atoms with E-state index in [4.69, 9.17) is 4.98 Å². The third-order valence-corrected chi connectivity index (χ3v) is 7.47. The topological polar surface area (TPSA) is 54.4 Å². The SMILES string of the molecule is C=CN=C(NC(=O)C1=C[CH]1)/C(=C(\C)c1cc(C(F)(F)CC)cc(C2(CCC)CCC#CCC2)n1)[C@@H](C)C(F)F.[HH].[HH]. The van der Waals surface area contributed by atoms with Gasteiger partial charge in [-0.3, -0.25) is 9.78 Å². The maximum Gasteiger partial charge on any atom is 0.273 e. The van der Waals surface area contributed by atoms with E-state index in [1.807, 2.05) is 6.92 Å². The number of nitrogens with zero attached hydrogens (tertiary/aromatic N) is 2. The molecular formula is C31H40F4N3O. The summed E-state index contributed by atoms with van der Waals surface area (Å²) in [6.07, 6.45) is 5.25. The Bertz CT molecular complexity index is 1250. The molecule has 8 heteroatoms. The number of allylic oxidation sites excluding steroid dienone is 2. The Kier molecular flexibility index (Phi) is 9.93. The zero-order valence-electron chi connectivity index (χ0n) is 23.0. The van der Waals surface area contributed by atoms with E-state index in [9.17, 15) is 13.6 Å². The van der Waals surface area contributed by atoms with Crippen molar-refractivity contribution in [1.82, 2.24) is 10.3 Å². The number of pyridine rings is 1. The second-order valence-corrected chi connectivity index (χ2v) is 10.1. The summed E-state index contributed by atoms with van der Waals surface area (Å²) in [5.74, 6) is 1.15. The lowest BCUT2D eigenvalue weighted by Gasteiger charge is -2.33. The number of amides is 1. The third-order valence-electron chi connectivity index (χ3n) is 7.47. The Labute approximate surface area is 231 Å². The van der Waals surface area contributed by atoms with Crippen LogP contribution in [-0.2, 0) is 16.1 Å². The molecule has 0 aromatic carbocycles. The summed E-state index contributed by atoms with van der Waals surface area (Å²) in [6, 6.07) is 2.76. The van der Waals surface area contributed by atoms with Crippen LogP contribution in [-0.4, -0.2) is 23.2 Å². The van der Waals surface area contributed by atoms with Gasteiger partial charge in [0.2, 0.25) is 6.43 Å². The fourth-order valence-corrected chi connectivity index (χ4v) is 5.06. The zero-order valence-corrected chi connectivity index (χ0v) is 23.0. The van der Waals surface area contributed by atoms with Crippen LogP contribution in [0.4, 0.5) is 17.6 Å². The fourth-order valence-electron chi connectivity index (χ4n) is 5.06. The zero-order chi connectivity index (χ0) is 28.8. The number of hydrogen-bond acceptors (Lipinski definition) is 3. The van der Waals surface area contributed by atoms with Gasteiger partial charge >= 0.3 is 0 Å². The second kappa shape index (κ2) is 12.8. The summed E-state index contributed by atoms with van der Waals surface area (Å²) < 4.78 is 58.7. The van der Waals surface area contributed by atoms with Gasteiger partial charge in [0, 0.05) is 68.5 Å². The van der Waals surface area contributed by atoms with E-state index < -0.39 is 36.0 Å². The lowest BCUT2D eigenvalue weighted by atomic mass is 9.72. The van der Waals surface area contributed by atoms with E-state index in [1.54, 1.807) is 19.4 Å². The van der Waals surface area contributed by atoms with Crippen molar-refractivity contribution < 1.29 is 25.2 Å². The van der Waals surface area contributed by atoms with Crippen molar-refractivity contribution in [3.8, 4) is 11.8 Å². The molecule has 1 aromatic rings. The lowest BCUT2D eigenvalue weighted by molar-refractivity contribution is -0.115. The molecular weight excluding hydrogens is 506 g/mol. The first-order valence-corrected chi connectivity index (χ1v) is 13.4. The Morgan fingerprint density at radius 3 is 2.44 bits per heavy atom. The van der Waals surface area contributed by atoms with E-state index in [2.05, 4.69) is 28.7 Å². The van der Waals surface area contributed by atoms with Crippen molar-refractivity contribution >= 4 is 17.3 Å². The predicted molar refractivity (Wildman–Crippen MR) is 151 cm³/mol. The number of rotatable bonds is 11. The number of nitrogens with one attached hydrogen (secondary N) is 1. The lowest BCUT2D eigenvalue weighted by Crippen LogP contribution is -2.35. The van der Waals surface area contributed by atoms with Gasteiger partial charge in [0.15, 0.2) is 0 Å². The molecule has 0 saturated carbocycles. The Morgan fingerprint density at radius 1 is 1.28 bits per heavy atom. The van der Waals surface area contributed by atoms with Crippen LogP contribution in [0.15, 0.2) is 47.1 Å². The van der Waals surface area contributed by atoms with Crippen molar-refractivity contribution in [2.45, 2.75) is 90.4 Å². The predicted octanol–water partition coefficient (Wildman–Crippen LogP) is 8.17. The number of alkyl halides is 4. The molecule has 3 rings (SSSR count). The van der Waals surface area contributed by atoms with Crippen LogP contribution < -0.4 is 5.32 Å². The van der Waals surface area contributed by atoms with Gasteiger partial charge in [-0.2, -0.15) is 0 Å². The molecule has 0 saturated heterocycles. The van der Waals surface area contributed by atoms with Crippen LogP contribution in [0.25, 0.3) is 5.57 Å². The van der Waals surface area contributed by atoms with Crippen molar-refractivity contribution in [2.75, 3.05) is 0 Å². The molecule has 1 aromatic heterocycles. The normalized spacial score (nSPS) is 18.3. The van der Waals surface area contributed by atoms with Crippen LogP contribution in [0.1, 0.15) is 92.4 Å². The second-order valence-electron chi connectivity index (χ2n) is 10.1. The first-order chi connectivity index (χ1) is 18.5. The highest BCUT2D eigenvalue weighted by Crippen LogP contribution is 2.42. The summed E-state index contributed by atoms with van der Waals surface area (Å²) in [5.41, 5.74) is 0.640. The highest BCUT2D eigenvalue weighted by molar-refractivity contribution is 6.17. The van der Waals surface area contributed by atoms with E-state index in [0.29, 0.717) is 37.0 Å². The summed E-state index contributed by atoms with van der Waals surface area (Å²) >= 11 is 0. The van der Waals surface area contributed by atoms with Crippen LogP contribution in [0.2, 0.25) is 0 Å². The average molecular weight is 547 g/mol. The highest BCUT2D eigenvalue weighted by atomic mass is 19.3. The monoisotopic (exact) mass is 546 g/mol. The summed E-state index contributed by atoms with van der Waals surface area (Å²) in [7, 11) is 0. The molecule has 1 N–H and O–H groups in total. The van der Waals surface area contributed by atoms with Crippen molar-refractivity contribution in [1.29, 1.82) is 0 Å². The largest absolute Gasteiger partial charge is 0.307 e. The average Bonchev–Trinajstić information content (AvgIpc) is 3.77. The van der Waals surface area contributed by atoms with Crippen molar-refractivity contribution in [2.24, 2.45) is 10.9 Å². The van der Waals surface area contributed by atoms with Crippen LogP contribution in [0.3, 0.4) is 0 Å². The maximum atomic E-state index is 15.2. The fraction of sp³-hybridized carbons (Fsp3) is 0.484. The molecule has 0 unspecified atom stereocenters. The van der Waals surface area contributed by atoms with Crippen LogP contribution >= 0.6 is 0 Å². The molecule has 213 valence electrons. The molecule has 39 heavy (non-hydrogen) atoms. The summed E-state index contributed by atoms with van der Waals surface area (Å²) in [5, 5.41) is 2.59. The van der Waals surface area contributed by atoms with E-state index in [0.717, 1.165) is 19.0 Å².